The van der Waals surface area contributed by atoms with Gasteiger partial charge in [-0.15, -0.1) is 0 Å². The molecule has 0 aliphatic carbocycles. The largest absolute Gasteiger partial charge is 0.477 e. The van der Waals surface area contributed by atoms with E-state index in [4.69, 9.17) is 5.11 Å². The molecule has 1 heterocycles. The first-order valence-electron chi connectivity index (χ1n) is 4.01. The molecule has 0 radical (unpaired) electrons. The van der Waals surface area contributed by atoms with Crippen molar-refractivity contribution in [2.24, 2.45) is 0 Å². The van der Waals surface area contributed by atoms with Crippen molar-refractivity contribution in [2.45, 2.75) is 13.0 Å². The van der Waals surface area contributed by atoms with Crippen molar-refractivity contribution >= 4 is 5.97 Å². The monoisotopic (exact) mass is 180 g/mol. The van der Waals surface area contributed by atoms with Crippen molar-refractivity contribution in [3.63, 3.8) is 0 Å². The van der Waals surface area contributed by atoms with Gasteiger partial charge in [-0.25, -0.2) is 9.78 Å². The molecule has 1 atom stereocenters. The Labute approximate surface area is 76.6 Å². The second-order valence-corrected chi connectivity index (χ2v) is 2.79. The van der Waals surface area contributed by atoms with Crippen LogP contribution in [0.5, 0.6) is 0 Å². The third-order valence-electron chi connectivity index (χ3n) is 1.94. The van der Waals surface area contributed by atoms with Crippen LogP contribution in [0.15, 0.2) is 18.3 Å². The molecule has 0 fully saturated rings. The van der Waals surface area contributed by atoms with Crippen molar-refractivity contribution < 1.29 is 9.90 Å². The fourth-order valence-corrected chi connectivity index (χ4v) is 0.955. The van der Waals surface area contributed by atoms with Crippen molar-refractivity contribution in [2.75, 3.05) is 7.05 Å². The minimum Gasteiger partial charge on any atom is -0.477 e. The fraction of sp³-hybridized carbons (Fsp3) is 0.333. The molecule has 13 heavy (non-hydrogen) atoms. The van der Waals surface area contributed by atoms with Gasteiger partial charge in [-0.3, -0.25) is 0 Å². The molecule has 70 valence electrons. The summed E-state index contributed by atoms with van der Waals surface area (Å²) >= 11 is 0. The zero-order chi connectivity index (χ0) is 9.84. The van der Waals surface area contributed by atoms with E-state index in [1.165, 1.54) is 6.07 Å². The average Bonchev–Trinajstić information content (AvgIpc) is 2.17. The summed E-state index contributed by atoms with van der Waals surface area (Å²) < 4.78 is 0. The molecule has 4 nitrogen and oxygen atoms in total. The van der Waals surface area contributed by atoms with E-state index in [0.717, 1.165) is 5.56 Å². The smallest absolute Gasteiger partial charge is 0.354 e. The molecule has 2 N–H and O–H groups in total. The van der Waals surface area contributed by atoms with Gasteiger partial charge in [0.1, 0.15) is 5.69 Å². The highest BCUT2D eigenvalue weighted by atomic mass is 16.4. The van der Waals surface area contributed by atoms with Gasteiger partial charge in [-0.1, -0.05) is 6.07 Å². The topological polar surface area (TPSA) is 62.2 Å². The summed E-state index contributed by atoms with van der Waals surface area (Å²) in [5, 5.41) is 11.6. The van der Waals surface area contributed by atoms with Gasteiger partial charge in [0.15, 0.2) is 0 Å². The van der Waals surface area contributed by atoms with E-state index < -0.39 is 5.97 Å². The minimum atomic E-state index is -0.997. The predicted octanol–water partition coefficient (Wildman–Crippen LogP) is 1.06. The number of nitrogens with one attached hydrogen (secondary N) is 1. The van der Waals surface area contributed by atoms with E-state index in [0.29, 0.717) is 0 Å². The zero-order valence-electron chi connectivity index (χ0n) is 7.61. The van der Waals surface area contributed by atoms with Gasteiger partial charge in [0.25, 0.3) is 0 Å². The van der Waals surface area contributed by atoms with Crippen LogP contribution < -0.4 is 5.32 Å². The van der Waals surface area contributed by atoms with Crippen LogP contribution in [0.2, 0.25) is 0 Å². The number of hydrogen-bond donors (Lipinski definition) is 2. The van der Waals surface area contributed by atoms with E-state index in [1.807, 2.05) is 14.0 Å². The number of aromatic nitrogens is 1. The van der Waals surface area contributed by atoms with Gasteiger partial charge in [0.05, 0.1) is 0 Å². The van der Waals surface area contributed by atoms with Crippen molar-refractivity contribution in [1.29, 1.82) is 0 Å². The molecule has 0 saturated carbocycles. The van der Waals surface area contributed by atoms with Crippen LogP contribution in [0.4, 0.5) is 0 Å². The third-order valence-corrected chi connectivity index (χ3v) is 1.94. The molecule has 0 aromatic carbocycles. The summed E-state index contributed by atoms with van der Waals surface area (Å²) in [6.45, 7) is 1.98. The Morgan fingerprint density at radius 1 is 1.62 bits per heavy atom. The zero-order valence-corrected chi connectivity index (χ0v) is 7.61. The Balaban J connectivity index is 2.87. The number of carboxylic acids is 1. The van der Waals surface area contributed by atoms with E-state index >= 15 is 0 Å². The highest BCUT2D eigenvalue weighted by molar-refractivity contribution is 5.85. The molecule has 0 saturated heterocycles. The summed E-state index contributed by atoms with van der Waals surface area (Å²) in [6, 6.07) is 3.46. The average molecular weight is 180 g/mol. The molecular formula is C9H12N2O2. The molecule has 1 aromatic rings. The second kappa shape index (κ2) is 4.00. The van der Waals surface area contributed by atoms with Crippen LogP contribution in [0, 0.1) is 0 Å². The lowest BCUT2D eigenvalue weighted by Gasteiger charge is -2.09. The number of carbonyl (C=O) groups is 1. The lowest BCUT2D eigenvalue weighted by atomic mass is 10.1. The Bertz CT molecular complexity index is 295. The Hall–Kier alpha value is -1.42. The Kier molecular flexibility index (Phi) is 2.97. The van der Waals surface area contributed by atoms with Gasteiger partial charge in [0, 0.05) is 12.2 Å². The Morgan fingerprint density at radius 3 is 2.69 bits per heavy atom. The summed E-state index contributed by atoms with van der Waals surface area (Å²) in [5.41, 5.74) is 1.06. The van der Waals surface area contributed by atoms with Gasteiger partial charge in [0.2, 0.25) is 0 Å². The molecule has 0 bridgehead atoms. The quantitative estimate of drug-likeness (QED) is 0.730. The molecule has 1 rings (SSSR count). The van der Waals surface area contributed by atoms with E-state index in [9.17, 15) is 4.79 Å². The SMILES string of the molecule is CN[C@H](C)c1ccc(C(=O)O)nc1. The summed E-state index contributed by atoms with van der Waals surface area (Å²) in [4.78, 5) is 14.3. The summed E-state index contributed by atoms with van der Waals surface area (Å²) in [7, 11) is 1.84. The lowest BCUT2D eigenvalue weighted by molar-refractivity contribution is 0.0690. The van der Waals surface area contributed by atoms with Crippen LogP contribution in [0.1, 0.15) is 29.0 Å². The number of carboxylic acid groups (broad SMARTS) is 1. The normalized spacial score (nSPS) is 12.5. The minimum absolute atomic E-state index is 0.0760. The fourth-order valence-electron chi connectivity index (χ4n) is 0.955. The molecule has 0 aliphatic heterocycles. The molecule has 0 unspecified atom stereocenters. The van der Waals surface area contributed by atoms with Crippen molar-refractivity contribution in [3.8, 4) is 0 Å². The highest BCUT2D eigenvalue weighted by Crippen LogP contribution is 2.10. The molecule has 0 spiro atoms. The molecule has 1 aromatic heterocycles. The highest BCUT2D eigenvalue weighted by Gasteiger charge is 2.06. The molecule has 0 aliphatic rings. The van der Waals surface area contributed by atoms with Crippen molar-refractivity contribution in [1.82, 2.24) is 10.3 Å². The van der Waals surface area contributed by atoms with Crippen LogP contribution in [-0.4, -0.2) is 23.1 Å². The number of nitrogens with zero attached hydrogens (tertiary/aromatic N) is 1. The maximum absolute atomic E-state index is 10.5. The number of pyridine rings is 1. The van der Waals surface area contributed by atoms with E-state index in [1.54, 1.807) is 12.3 Å². The van der Waals surface area contributed by atoms with E-state index in [-0.39, 0.29) is 11.7 Å². The predicted molar refractivity (Wildman–Crippen MR) is 48.7 cm³/mol. The number of rotatable bonds is 3. The van der Waals surface area contributed by atoms with Gasteiger partial charge < -0.3 is 10.4 Å². The third kappa shape index (κ3) is 2.26. The molecule has 0 amide bonds. The van der Waals surface area contributed by atoms with Gasteiger partial charge in [-0.05, 0) is 25.6 Å². The number of aromatic carboxylic acids is 1. The van der Waals surface area contributed by atoms with Crippen molar-refractivity contribution in [3.05, 3.63) is 29.6 Å². The Morgan fingerprint density at radius 2 is 2.31 bits per heavy atom. The van der Waals surface area contributed by atoms with Crippen LogP contribution in [0.3, 0.4) is 0 Å². The summed E-state index contributed by atoms with van der Waals surface area (Å²) in [6.07, 6.45) is 1.57. The van der Waals surface area contributed by atoms with Gasteiger partial charge in [-0.2, -0.15) is 0 Å². The van der Waals surface area contributed by atoms with E-state index in [2.05, 4.69) is 10.3 Å². The second-order valence-electron chi connectivity index (χ2n) is 2.79. The molecular weight excluding hydrogens is 168 g/mol. The van der Waals surface area contributed by atoms with Crippen LogP contribution in [0.25, 0.3) is 0 Å². The van der Waals surface area contributed by atoms with Crippen LogP contribution >= 0.6 is 0 Å². The maximum atomic E-state index is 10.5. The van der Waals surface area contributed by atoms with Crippen LogP contribution in [-0.2, 0) is 0 Å². The first kappa shape index (κ1) is 9.67. The number of hydrogen-bond acceptors (Lipinski definition) is 3. The first-order chi connectivity index (χ1) is 6.15. The maximum Gasteiger partial charge on any atom is 0.354 e. The molecule has 4 heteroatoms. The lowest BCUT2D eigenvalue weighted by Crippen LogP contribution is -2.13. The first-order valence-corrected chi connectivity index (χ1v) is 4.01. The summed E-state index contributed by atoms with van der Waals surface area (Å²) in [5.74, 6) is -0.997. The van der Waals surface area contributed by atoms with Gasteiger partial charge >= 0.3 is 5.97 Å². The standard InChI is InChI=1S/C9H12N2O2/c1-6(10-2)7-3-4-8(9(12)13)11-5-7/h3-6,10H,1-2H3,(H,12,13)/t6-/m1/s1.